The molecule has 3 aliphatic rings. The van der Waals surface area contributed by atoms with E-state index in [9.17, 15) is 34.8 Å². The van der Waals surface area contributed by atoms with Crippen LogP contribution in [0.3, 0.4) is 0 Å². The van der Waals surface area contributed by atoms with Crippen molar-refractivity contribution in [3.63, 3.8) is 0 Å². The molecule has 2 aliphatic heterocycles. The Kier molecular flexibility index (Phi) is 7.98. The number of methoxy groups -OCH3 is 4. The molecule has 1 aliphatic carbocycles. The number of ketones is 1. The molecule has 5 aromatic rings. The molecule has 2 unspecified atom stereocenters. The van der Waals surface area contributed by atoms with Crippen molar-refractivity contribution in [1.29, 1.82) is 0 Å². The molecular formula is C40H38N2O11S2. The lowest BCUT2D eigenvalue weighted by Gasteiger charge is -2.35. The molecule has 2 heterocycles. The van der Waals surface area contributed by atoms with Gasteiger partial charge in [-0.15, -0.1) is 23.5 Å². The summed E-state index contributed by atoms with van der Waals surface area (Å²) in [7, 11) is 5.78. The third kappa shape index (κ3) is 4.59. The first-order valence-corrected chi connectivity index (χ1v) is 19.0. The number of ether oxygens (including phenoxy) is 4. The van der Waals surface area contributed by atoms with Crippen molar-refractivity contribution in [2.24, 2.45) is 9.98 Å². The molecule has 0 amide bonds. The van der Waals surface area contributed by atoms with Crippen LogP contribution >= 0.6 is 23.5 Å². The molecule has 5 aromatic carbocycles. The Hall–Kier alpha value is -5.15. The van der Waals surface area contributed by atoms with Crippen LogP contribution in [0.25, 0.3) is 48.7 Å². The second-order valence-corrected chi connectivity index (χ2v) is 18.4. The Bertz CT molecular complexity index is 2830. The maximum atomic E-state index is 13.8. The number of Topliss-reactive ketones (excluding diaryl/α,β-unsaturated/α-hetero) is 1. The third-order valence-corrected chi connectivity index (χ3v) is 13.7. The second-order valence-electron chi connectivity index (χ2n) is 15.1. The van der Waals surface area contributed by atoms with E-state index in [0.29, 0.717) is 64.7 Å². The summed E-state index contributed by atoms with van der Waals surface area (Å²) in [5.74, 6) is -2.55. The average Bonchev–Trinajstić information content (AvgIpc) is 3.23. The Morgan fingerprint density at radius 1 is 0.636 bits per heavy atom. The van der Waals surface area contributed by atoms with Crippen LogP contribution in [0.15, 0.2) is 25.3 Å². The smallest absolute Gasteiger partial charge is 0.329 e. The first-order chi connectivity index (χ1) is 25.9. The molecule has 8 rings (SSSR count). The maximum Gasteiger partial charge on any atom is 0.329 e. The number of carboxylic acid groups (broad SMARTS) is 2. The van der Waals surface area contributed by atoms with Gasteiger partial charge < -0.3 is 39.4 Å². The van der Waals surface area contributed by atoms with E-state index in [2.05, 4.69) is 0 Å². The van der Waals surface area contributed by atoms with Gasteiger partial charge >= 0.3 is 11.9 Å². The summed E-state index contributed by atoms with van der Waals surface area (Å²) >= 11 is 2.49. The van der Waals surface area contributed by atoms with Crippen LogP contribution in [-0.4, -0.2) is 88.2 Å². The minimum atomic E-state index is -1.22. The zero-order chi connectivity index (χ0) is 40.0. The lowest BCUT2D eigenvalue weighted by molar-refractivity contribution is -0.140. The highest BCUT2D eigenvalue weighted by molar-refractivity contribution is 8.01. The molecule has 4 N–H and O–H groups in total. The van der Waals surface area contributed by atoms with Gasteiger partial charge in [-0.3, -0.25) is 14.8 Å². The SMILES string of the molecule is COc1c(O)c2c3c(c(OC)c4c5c(OC)c6c(c7c(O)c(OC)c8c(c(c1CC(C)=C8C(C)=O)c24)c75)=NC(C(=O)O)C(C)(C)S6)SC(C)(C)C(C(=O)O)N=3. The van der Waals surface area contributed by atoms with Crippen molar-refractivity contribution in [2.75, 3.05) is 28.4 Å². The van der Waals surface area contributed by atoms with Crippen molar-refractivity contribution in [2.45, 2.75) is 79.3 Å². The molecule has 2 atom stereocenters. The number of carboxylic acids is 2. The highest BCUT2D eigenvalue weighted by Crippen LogP contribution is 2.61. The van der Waals surface area contributed by atoms with Gasteiger partial charge in [0.15, 0.2) is 40.9 Å². The van der Waals surface area contributed by atoms with E-state index < -0.39 is 33.5 Å². The van der Waals surface area contributed by atoms with Crippen molar-refractivity contribution >= 4 is 89.9 Å². The molecule has 286 valence electrons. The molecule has 0 radical (unpaired) electrons. The topological polar surface area (TPSA) is 194 Å². The van der Waals surface area contributed by atoms with Gasteiger partial charge in [-0.1, -0.05) is 5.57 Å². The van der Waals surface area contributed by atoms with Crippen LogP contribution in [0.5, 0.6) is 34.5 Å². The Labute approximate surface area is 322 Å². The van der Waals surface area contributed by atoms with E-state index in [-0.39, 0.29) is 67.8 Å². The van der Waals surface area contributed by atoms with Gasteiger partial charge in [-0.2, -0.15) is 0 Å². The number of allylic oxidation sites excluding steroid dienone is 2. The van der Waals surface area contributed by atoms with Crippen LogP contribution < -0.4 is 29.7 Å². The number of hydrogen-bond acceptors (Lipinski definition) is 13. The monoisotopic (exact) mass is 786 g/mol. The number of aliphatic carboxylic acids is 2. The number of carbonyl (C=O) groups is 3. The quantitative estimate of drug-likeness (QED) is 0.111. The van der Waals surface area contributed by atoms with Gasteiger partial charge in [-0.05, 0) is 53.3 Å². The van der Waals surface area contributed by atoms with Crippen molar-refractivity contribution in [1.82, 2.24) is 0 Å². The first-order valence-electron chi connectivity index (χ1n) is 17.3. The number of phenolic OH excluding ortho intramolecular Hbond substituents is 2. The molecule has 0 fully saturated rings. The molecule has 0 bridgehead atoms. The van der Waals surface area contributed by atoms with Crippen LogP contribution in [0.2, 0.25) is 0 Å². The molecule has 0 spiro atoms. The van der Waals surface area contributed by atoms with Crippen LogP contribution in [0, 0.1) is 0 Å². The van der Waals surface area contributed by atoms with E-state index in [1.165, 1.54) is 58.9 Å². The number of benzene rings is 5. The fourth-order valence-corrected chi connectivity index (χ4v) is 11.6. The van der Waals surface area contributed by atoms with E-state index >= 15 is 0 Å². The standard InChI is InChI=1S/C40H38N2O11S2/c1-12-11-14-16-17-19-22(21-18(16)23(27(44)29(14)50-7)25-33(31(21)52-9)54-39(3,4)35(41-25)37(46)47)32(53-10)34-26(42-36(38(48)49)40(5,6)55-34)24(19)28(45)30(51-8)20(17)15(12)13(2)43/h35-36,44-45H,11H2,1-10H3,(H,46,47)(H,48,49). The second kappa shape index (κ2) is 11.9. The third-order valence-electron chi connectivity index (χ3n) is 11.0. The Morgan fingerprint density at radius 2 is 1.05 bits per heavy atom. The molecule has 15 heteroatoms. The van der Waals surface area contributed by atoms with Crippen molar-refractivity contribution in [3.8, 4) is 34.5 Å². The molecule has 13 nitrogen and oxygen atoms in total. The lowest BCUT2D eigenvalue weighted by atomic mass is 9.82. The number of nitrogens with zero attached hydrogens (tertiary/aromatic N) is 2. The van der Waals surface area contributed by atoms with E-state index in [4.69, 9.17) is 28.9 Å². The number of carbonyl (C=O) groups excluding carboxylic acids is 1. The van der Waals surface area contributed by atoms with Crippen molar-refractivity contribution in [3.05, 3.63) is 27.4 Å². The Morgan fingerprint density at radius 3 is 1.45 bits per heavy atom. The predicted octanol–water partition coefficient (Wildman–Crippen LogP) is 6.02. The summed E-state index contributed by atoms with van der Waals surface area (Å²) in [5, 5.41) is 49.1. The number of hydrogen-bond donors (Lipinski definition) is 4. The summed E-state index contributed by atoms with van der Waals surface area (Å²) in [6, 6.07) is -2.44. The van der Waals surface area contributed by atoms with E-state index in [0.717, 1.165) is 0 Å². The van der Waals surface area contributed by atoms with Crippen LogP contribution in [0.4, 0.5) is 0 Å². The number of phenols is 2. The lowest BCUT2D eigenvalue weighted by Crippen LogP contribution is -2.43. The first kappa shape index (κ1) is 36.8. The van der Waals surface area contributed by atoms with Gasteiger partial charge in [0.1, 0.15) is 11.5 Å². The average molecular weight is 787 g/mol. The van der Waals surface area contributed by atoms with Gasteiger partial charge in [0.25, 0.3) is 0 Å². The molecule has 0 aromatic heterocycles. The summed E-state index contributed by atoms with van der Waals surface area (Å²) in [5.41, 5.74) is 1.67. The zero-order valence-electron chi connectivity index (χ0n) is 31.7. The van der Waals surface area contributed by atoms with E-state index in [1.807, 2.05) is 0 Å². The minimum Gasteiger partial charge on any atom is -0.504 e. The van der Waals surface area contributed by atoms with Gasteiger partial charge in [-0.25, -0.2) is 9.59 Å². The van der Waals surface area contributed by atoms with Gasteiger partial charge in [0.2, 0.25) is 0 Å². The van der Waals surface area contributed by atoms with Crippen molar-refractivity contribution < 1.29 is 53.8 Å². The number of thioether (sulfide) groups is 2. The molecule has 0 saturated carbocycles. The number of fused-ring (bicyclic) bond motifs is 5. The minimum absolute atomic E-state index is 0.0309. The van der Waals surface area contributed by atoms with Gasteiger partial charge in [0.05, 0.1) is 59.7 Å². The fraction of sp³-hybridized carbons (Fsp3) is 0.375. The normalized spacial score (nSPS) is 19.5. The number of aromatic hydroxyl groups is 2. The summed E-state index contributed by atoms with van der Waals surface area (Å²) in [4.78, 5) is 49.8. The van der Waals surface area contributed by atoms with E-state index in [1.54, 1.807) is 34.6 Å². The predicted molar refractivity (Wildman–Crippen MR) is 209 cm³/mol. The molecular weight excluding hydrogens is 749 g/mol. The Balaban J connectivity index is 1.86. The maximum absolute atomic E-state index is 13.8. The largest absolute Gasteiger partial charge is 0.504 e. The summed E-state index contributed by atoms with van der Waals surface area (Å²) < 4.78 is 22.7. The van der Waals surface area contributed by atoms with Crippen LogP contribution in [0.1, 0.15) is 52.7 Å². The summed E-state index contributed by atoms with van der Waals surface area (Å²) in [6.45, 7) is 10.3. The van der Waals surface area contributed by atoms with Gasteiger partial charge in [0, 0.05) is 53.1 Å². The fourth-order valence-electron chi connectivity index (χ4n) is 8.94. The highest BCUT2D eigenvalue weighted by atomic mass is 32.2. The van der Waals surface area contributed by atoms with Crippen LogP contribution in [-0.2, 0) is 20.8 Å². The molecule has 0 saturated heterocycles. The zero-order valence-corrected chi connectivity index (χ0v) is 33.4. The summed E-state index contributed by atoms with van der Waals surface area (Å²) in [6.07, 6.45) is 0.124. The highest BCUT2D eigenvalue weighted by Gasteiger charge is 2.46. The number of rotatable bonds is 7. The molecule has 55 heavy (non-hydrogen) atoms.